The van der Waals surface area contributed by atoms with Gasteiger partial charge in [0.25, 0.3) is 0 Å². The first-order valence-corrected chi connectivity index (χ1v) is 7.35. The highest BCUT2D eigenvalue weighted by Gasteiger charge is 2.50. The molecule has 0 aromatic carbocycles. The van der Waals surface area contributed by atoms with E-state index in [0.717, 1.165) is 25.8 Å². The van der Waals surface area contributed by atoms with E-state index >= 15 is 0 Å². The molecule has 2 fully saturated rings. The van der Waals surface area contributed by atoms with Gasteiger partial charge in [-0.1, -0.05) is 20.8 Å². The van der Waals surface area contributed by atoms with E-state index in [1.807, 2.05) is 0 Å². The predicted molar refractivity (Wildman–Crippen MR) is 72.4 cm³/mol. The maximum atomic E-state index is 11.4. The van der Waals surface area contributed by atoms with Gasteiger partial charge in [-0.3, -0.25) is 4.79 Å². The molecule has 2 aliphatic carbocycles. The van der Waals surface area contributed by atoms with Gasteiger partial charge in [-0.2, -0.15) is 0 Å². The molecule has 4 atom stereocenters. The molecule has 2 N–H and O–H groups in total. The van der Waals surface area contributed by atoms with Crippen LogP contribution in [0.4, 0.5) is 0 Å². The minimum absolute atomic E-state index is 0.126. The molecule has 0 radical (unpaired) electrons. The number of aliphatic carboxylic acids is 1. The van der Waals surface area contributed by atoms with E-state index < -0.39 is 5.97 Å². The highest BCUT2D eigenvalue weighted by Crippen LogP contribution is 2.48. The molecule has 2 rings (SSSR count). The third-order valence-electron chi connectivity index (χ3n) is 4.69. The largest absolute Gasteiger partial charge is 0.481 e. The van der Waals surface area contributed by atoms with Crippen LogP contribution < -0.4 is 5.32 Å². The van der Waals surface area contributed by atoms with E-state index in [0.29, 0.717) is 17.3 Å². The molecule has 18 heavy (non-hydrogen) atoms. The first-order valence-electron chi connectivity index (χ1n) is 7.35. The van der Waals surface area contributed by atoms with E-state index in [2.05, 4.69) is 26.1 Å². The summed E-state index contributed by atoms with van der Waals surface area (Å²) in [6.45, 7) is 7.73. The van der Waals surface area contributed by atoms with Crippen LogP contribution in [0.25, 0.3) is 0 Å². The summed E-state index contributed by atoms with van der Waals surface area (Å²) in [5.41, 5.74) is 0.378. The fourth-order valence-electron chi connectivity index (χ4n) is 3.83. The summed E-state index contributed by atoms with van der Waals surface area (Å²) >= 11 is 0. The molecule has 0 amide bonds. The SMILES string of the molecule is CC(C)(C)CCCNC1C2CCC(C2)C1C(=O)O. The Morgan fingerprint density at radius 2 is 1.94 bits per heavy atom. The molecular formula is C15H27NO2. The van der Waals surface area contributed by atoms with Crippen LogP contribution in [-0.2, 0) is 4.79 Å². The fraction of sp³-hybridized carbons (Fsp3) is 0.933. The average Bonchev–Trinajstić information content (AvgIpc) is 2.82. The molecule has 2 saturated carbocycles. The van der Waals surface area contributed by atoms with Crippen LogP contribution >= 0.6 is 0 Å². The topological polar surface area (TPSA) is 49.3 Å². The summed E-state index contributed by atoms with van der Waals surface area (Å²) in [5, 5.41) is 12.9. The van der Waals surface area contributed by atoms with Crippen LogP contribution in [0.1, 0.15) is 52.9 Å². The monoisotopic (exact) mass is 253 g/mol. The normalized spacial score (nSPS) is 35.1. The van der Waals surface area contributed by atoms with Crippen LogP contribution in [0.2, 0.25) is 0 Å². The maximum absolute atomic E-state index is 11.4. The number of hydrogen-bond donors (Lipinski definition) is 2. The minimum atomic E-state index is -0.587. The highest BCUT2D eigenvalue weighted by atomic mass is 16.4. The zero-order valence-electron chi connectivity index (χ0n) is 11.9. The molecule has 0 aromatic heterocycles. The molecule has 2 aliphatic rings. The van der Waals surface area contributed by atoms with Gasteiger partial charge >= 0.3 is 5.97 Å². The van der Waals surface area contributed by atoms with E-state index in [1.54, 1.807) is 0 Å². The summed E-state index contributed by atoms with van der Waals surface area (Å²) in [6, 6.07) is 0.237. The number of carboxylic acids is 1. The second-order valence-corrected chi connectivity index (χ2v) is 7.34. The second kappa shape index (κ2) is 5.20. The lowest BCUT2D eigenvalue weighted by Gasteiger charge is -2.29. The molecule has 0 heterocycles. The number of carboxylic acid groups (broad SMARTS) is 1. The molecular weight excluding hydrogens is 226 g/mol. The Balaban J connectivity index is 1.80. The van der Waals surface area contributed by atoms with E-state index in [-0.39, 0.29) is 12.0 Å². The summed E-state index contributed by atoms with van der Waals surface area (Å²) < 4.78 is 0. The van der Waals surface area contributed by atoms with E-state index in [9.17, 15) is 9.90 Å². The minimum Gasteiger partial charge on any atom is -0.481 e. The van der Waals surface area contributed by atoms with Gasteiger partial charge in [0.1, 0.15) is 0 Å². The Kier molecular flexibility index (Phi) is 4.00. The lowest BCUT2D eigenvalue weighted by Crippen LogP contribution is -2.44. The smallest absolute Gasteiger partial charge is 0.308 e. The van der Waals surface area contributed by atoms with Gasteiger partial charge in [0.05, 0.1) is 5.92 Å². The van der Waals surface area contributed by atoms with Crippen molar-refractivity contribution < 1.29 is 9.90 Å². The van der Waals surface area contributed by atoms with Crippen molar-refractivity contribution in [3.8, 4) is 0 Å². The Bertz CT molecular complexity index is 308. The summed E-state index contributed by atoms with van der Waals surface area (Å²) in [5.74, 6) is 0.340. The molecule has 3 heteroatoms. The van der Waals surface area contributed by atoms with Crippen LogP contribution in [0.3, 0.4) is 0 Å². The van der Waals surface area contributed by atoms with E-state index in [1.165, 1.54) is 12.8 Å². The van der Waals surface area contributed by atoms with Gasteiger partial charge in [-0.05, 0) is 55.9 Å². The number of rotatable bonds is 5. The van der Waals surface area contributed by atoms with Crippen molar-refractivity contribution in [1.29, 1.82) is 0 Å². The lowest BCUT2D eigenvalue weighted by atomic mass is 9.84. The predicted octanol–water partition coefficient (Wildman–Crippen LogP) is 2.90. The van der Waals surface area contributed by atoms with E-state index in [4.69, 9.17) is 0 Å². The average molecular weight is 253 g/mol. The third kappa shape index (κ3) is 3.05. The standard InChI is InChI=1S/C15H27NO2/c1-15(2,3)7-4-8-16-13-11-6-5-10(9-11)12(13)14(17)18/h10-13,16H,4-9H2,1-3H3,(H,17,18). The maximum Gasteiger partial charge on any atom is 0.308 e. The van der Waals surface area contributed by atoms with Crippen LogP contribution in [-0.4, -0.2) is 23.7 Å². The Morgan fingerprint density at radius 1 is 1.28 bits per heavy atom. The summed E-state index contributed by atoms with van der Waals surface area (Å²) in [4.78, 5) is 11.4. The summed E-state index contributed by atoms with van der Waals surface area (Å²) in [6.07, 6.45) is 5.82. The quantitative estimate of drug-likeness (QED) is 0.741. The first-order chi connectivity index (χ1) is 8.38. The van der Waals surface area contributed by atoms with Gasteiger partial charge in [0, 0.05) is 6.04 Å². The van der Waals surface area contributed by atoms with Gasteiger partial charge in [-0.15, -0.1) is 0 Å². The molecule has 0 aliphatic heterocycles. The van der Waals surface area contributed by atoms with Crippen molar-refractivity contribution in [2.24, 2.45) is 23.2 Å². The van der Waals surface area contributed by atoms with Gasteiger partial charge in [0.15, 0.2) is 0 Å². The van der Waals surface area contributed by atoms with Crippen LogP contribution in [0.5, 0.6) is 0 Å². The Morgan fingerprint density at radius 3 is 2.56 bits per heavy atom. The Hall–Kier alpha value is -0.570. The van der Waals surface area contributed by atoms with Crippen molar-refractivity contribution in [3.63, 3.8) is 0 Å². The number of fused-ring (bicyclic) bond motifs is 2. The van der Waals surface area contributed by atoms with Crippen molar-refractivity contribution in [2.45, 2.75) is 58.9 Å². The Labute approximate surface area is 110 Å². The molecule has 0 spiro atoms. The van der Waals surface area contributed by atoms with Gasteiger partial charge < -0.3 is 10.4 Å². The highest BCUT2D eigenvalue weighted by molar-refractivity contribution is 5.72. The van der Waals surface area contributed by atoms with Gasteiger partial charge in [-0.25, -0.2) is 0 Å². The first kappa shape index (κ1) is 13.9. The number of carbonyl (C=O) groups is 1. The van der Waals surface area contributed by atoms with Crippen molar-refractivity contribution >= 4 is 5.97 Å². The van der Waals surface area contributed by atoms with Crippen LogP contribution in [0, 0.1) is 23.2 Å². The zero-order valence-corrected chi connectivity index (χ0v) is 11.9. The third-order valence-corrected chi connectivity index (χ3v) is 4.69. The molecule has 0 saturated heterocycles. The zero-order chi connectivity index (χ0) is 13.3. The summed E-state index contributed by atoms with van der Waals surface area (Å²) in [7, 11) is 0. The molecule has 2 bridgehead atoms. The molecule has 0 aromatic rings. The fourth-order valence-corrected chi connectivity index (χ4v) is 3.83. The van der Waals surface area contributed by atoms with Crippen molar-refractivity contribution in [1.82, 2.24) is 5.32 Å². The number of hydrogen-bond acceptors (Lipinski definition) is 2. The van der Waals surface area contributed by atoms with Crippen molar-refractivity contribution in [3.05, 3.63) is 0 Å². The second-order valence-electron chi connectivity index (χ2n) is 7.34. The lowest BCUT2D eigenvalue weighted by molar-refractivity contribution is -0.144. The van der Waals surface area contributed by atoms with Gasteiger partial charge in [0.2, 0.25) is 0 Å². The number of nitrogens with one attached hydrogen (secondary N) is 1. The molecule has 104 valence electrons. The van der Waals surface area contributed by atoms with Crippen LogP contribution in [0.15, 0.2) is 0 Å². The molecule has 4 unspecified atom stereocenters. The van der Waals surface area contributed by atoms with Crippen molar-refractivity contribution in [2.75, 3.05) is 6.54 Å². The molecule has 3 nitrogen and oxygen atoms in total.